The van der Waals surface area contributed by atoms with Crippen molar-refractivity contribution in [1.82, 2.24) is 10.2 Å². The molecule has 1 aromatic rings. The highest BCUT2D eigenvalue weighted by molar-refractivity contribution is 5.14. The van der Waals surface area contributed by atoms with Crippen LogP contribution < -0.4 is 5.32 Å². The van der Waals surface area contributed by atoms with Crippen LogP contribution in [0.5, 0.6) is 0 Å². The van der Waals surface area contributed by atoms with Crippen molar-refractivity contribution in [1.29, 1.82) is 0 Å². The lowest BCUT2D eigenvalue weighted by molar-refractivity contribution is -0.202. The Labute approximate surface area is 122 Å². The SMILES string of the molecule is OC(CNC1CCN(CCc2ccccc2)C1)C(F)(F)F. The van der Waals surface area contributed by atoms with E-state index in [1.54, 1.807) is 0 Å². The van der Waals surface area contributed by atoms with Crippen LogP contribution in [0, 0.1) is 0 Å². The summed E-state index contributed by atoms with van der Waals surface area (Å²) in [7, 11) is 0. The first kappa shape index (κ1) is 16.3. The third kappa shape index (κ3) is 5.30. The zero-order valence-electron chi connectivity index (χ0n) is 11.8. The quantitative estimate of drug-likeness (QED) is 0.841. The molecule has 0 saturated carbocycles. The van der Waals surface area contributed by atoms with Crippen LogP contribution >= 0.6 is 0 Å². The molecule has 1 fully saturated rings. The first-order valence-corrected chi connectivity index (χ1v) is 7.19. The second kappa shape index (κ2) is 7.24. The van der Waals surface area contributed by atoms with Crippen molar-refractivity contribution in [3.05, 3.63) is 35.9 Å². The van der Waals surface area contributed by atoms with Gasteiger partial charge in [0.1, 0.15) is 0 Å². The van der Waals surface area contributed by atoms with Gasteiger partial charge in [0.15, 0.2) is 6.10 Å². The average molecular weight is 302 g/mol. The molecule has 1 aliphatic rings. The molecule has 0 bridgehead atoms. The molecule has 0 amide bonds. The van der Waals surface area contributed by atoms with E-state index in [4.69, 9.17) is 5.11 Å². The fourth-order valence-electron chi connectivity index (χ4n) is 2.53. The zero-order valence-corrected chi connectivity index (χ0v) is 11.8. The Bertz CT molecular complexity index is 425. The van der Waals surface area contributed by atoms with Crippen molar-refractivity contribution in [2.75, 3.05) is 26.2 Å². The first-order chi connectivity index (χ1) is 9.95. The maximum atomic E-state index is 12.2. The predicted octanol–water partition coefficient (Wildman–Crippen LogP) is 1.82. The van der Waals surface area contributed by atoms with E-state index in [9.17, 15) is 13.2 Å². The van der Waals surface area contributed by atoms with Gasteiger partial charge in [-0.05, 0) is 24.9 Å². The van der Waals surface area contributed by atoms with Gasteiger partial charge in [-0.3, -0.25) is 0 Å². The fourth-order valence-corrected chi connectivity index (χ4v) is 2.53. The number of aliphatic hydroxyl groups excluding tert-OH is 1. The standard InChI is InChI=1S/C15H21F3N2O/c16-15(17,18)14(21)10-19-13-7-9-20(11-13)8-6-12-4-2-1-3-5-12/h1-5,13-14,19,21H,6-11H2. The van der Waals surface area contributed by atoms with Gasteiger partial charge in [-0.15, -0.1) is 0 Å². The number of hydrogen-bond donors (Lipinski definition) is 2. The monoisotopic (exact) mass is 302 g/mol. The Hall–Kier alpha value is -1.11. The molecule has 0 aliphatic carbocycles. The predicted molar refractivity (Wildman–Crippen MR) is 75.1 cm³/mol. The Morgan fingerprint density at radius 2 is 2.00 bits per heavy atom. The van der Waals surface area contributed by atoms with Gasteiger partial charge in [0.05, 0.1) is 0 Å². The van der Waals surface area contributed by atoms with Crippen LogP contribution in [0.1, 0.15) is 12.0 Å². The smallest absolute Gasteiger partial charge is 0.382 e. The number of nitrogens with one attached hydrogen (secondary N) is 1. The molecule has 2 unspecified atom stereocenters. The molecular weight excluding hydrogens is 281 g/mol. The second-order valence-electron chi connectivity index (χ2n) is 5.49. The minimum atomic E-state index is -4.54. The van der Waals surface area contributed by atoms with Gasteiger partial charge in [0.25, 0.3) is 0 Å². The van der Waals surface area contributed by atoms with E-state index >= 15 is 0 Å². The lowest BCUT2D eigenvalue weighted by Gasteiger charge is -2.19. The number of benzene rings is 1. The van der Waals surface area contributed by atoms with Crippen LogP contribution in [0.4, 0.5) is 13.2 Å². The maximum absolute atomic E-state index is 12.2. The van der Waals surface area contributed by atoms with E-state index < -0.39 is 18.8 Å². The van der Waals surface area contributed by atoms with Crippen molar-refractivity contribution in [2.24, 2.45) is 0 Å². The molecule has 2 atom stereocenters. The molecule has 2 N–H and O–H groups in total. The molecule has 1 heterocycles. The zero-order chi connectivity index (χ0) is 15.3. The van der Waals surface area contributed by atoms with Crippen LogP contribution in [0.15, 0.2) is 30.3 Å². The van der Waals surface area contributed by atoms with Gasteiger partial charge >= 0.3 is 6.18 Å². The van der Waals surface area contributed by atoms with Crippen molar-refractivity contribution in [2.45, 2.75) is 31.2 Å². The molecule has 6 heteroatoms. The average Bonchev–Trinajstić information content (AvgIpc) is 2.90. The molecule has 1 aromatic carbocycles. The largest absolute Gasteiger partial charge is 0.415 e. The Balaban J connectivity index is 1.67. The summed E-state index contributed by atoms with van der Waals surface area (Å²) < 4.78 is 36.6. The summed E-state index contributed by atoms with van der Waals surface area (Å²) in [4.78, 5) is 2.24. The van der Waals surface area contributed by atoms with E-state index in [1.165, 1.54) is 5.56 Å². The molecule has 3 nitrogen and oxygen atoms in total. The van der Waals surface area contributed by atoms with Gasteiger partial charge in [-0.1, -0.05) is 30.3 Å². The topological polar surface area (TPSA) is 35.5 Å². The van der Waals surface area contributed by atoms with E-state index in [1.807, 2.05) is 18.2 Å². The number of likely N-dealkylation sites (tertiary alicyclic amines) is 1. The molecule has 118 valence electrons. The van der Waals surface area contributed by atoms with Crippen LogP contribution in [0.2, 0.25) is 0 Å². The molecule has 0 radical (unpaired) electrons. The summed E-state index contributed by atoms with van der Waals surface area (Å²) in [6.07, 6.45) is -5.06. The number of nitrogens with zero attached hydrogens (tertiary/aromatic N) is 1. The summed E-state index contributed by atoms with van der Waals surface area (Å²) in [6.45, 7) is 2.09. The van der Waals surface area contributed by atoms with Gasteiger partial charge in [0, 0.05) is 25.7 Å². The van der Waals surface area contributed by atoms with E-state index in [-0.39, 0.29) is 6.04 Å². The van der Waals surface area contributed by atoms with Crippen LogP contribution in [-0.4, -0.2) is 54.5 Å². The summed E-state index contributed by atoms with van der Waals surface area (Å²) in [5.41, 5.74) is 1.27. The van der Waals surface area contributed by atoms with Crippen molar-refractivity contribution in [3.63, 3.8) is 0 Å². The Morgan fingerprint density at radius 1 is 1.29 bits per heavy atom. The Morgan fingerprint density at radius 3 is 2.67 bits per heavy atom. The van der Waals surface area contributed by atoms with Gasteiger partial charge < -0.3 is 15.3 Å². The number of alkyl halides is 3. The highest BCUT2D eigenvalue weighted by atomic mass is 19.4. The summed E-state index contributed by atoms with van der Waals surface area (Å²) in [6, 6.07) is 10.2. The molecule has 1 aliphatic heterocycles. The third-order valence-electron chi connectivity index (χ3n) is 3.81. The minimum Gasteiger partial charge on any atom is -0.382 e. The number of halogens is 3. The third-order valence-corrected chi connectivity index (χ3v) is 3.81. The molecule has 1 saturated heterocycles. The number of aliphatic hydroxyl groups is 1. The summed E-state index contributed by atoms with van der Waals surface area (Å²) in [5, 5.41) is 11.8. The number of hydrogen-bond acceptors (Lipinski definition) is 3. The number of rotatable bonds is 6. The maximum Gasteiger partial charge on any atom is 0.415 e. The summed E-state index contributed by atoms with van der Waals surface area (Å²) >= 11 is 0. The van der Waals surface area contributed by atoms with Crippen molar-refractivity contribution >= 4 is 0 Å². The lowest BCUT2D eigenvalue weighted by atomic mass is 10.1. The second-order valence-corrected chi connectivity index (χ2v) is 5.49. The van der Waals surface area contributed by atoms with Crippen molar-refractivity contribution < 1.29 is 18.3 Å². The minimum absolute atomic E-state index is 0.0257. The Kier molecular flexibility index (Phi) is 5.61. The van der Waals surface area contributed by atoms with Crippen LogP contribution in [0.25, 0.3) is 0 Å². The molecular formula is C15H21F3N2O. The van der Waals surface area contributed by atoms with Crippen LogP contribution in [0.3, 0.4) is 0 Å². The molecule has 0 aromatic heterocycles. The molecule has 2 rings (SSSR count). The van der Waals surface area contributed by atoms with Gasteiger partial charge in [-0.25, -0.2) is 0 Å². The normalized spacial score (nSPS) is 21.6. The molecule has 0 spiro atoms. The summed E-state index contributed by atoms with van der Waals surface area (Å²) in [5.74, 6) is 0. The van der Waals surface area contributed by atoms with Gasteiger partial charge in [-0.2, -0.15) is 13.2 Å². The van der Waals surface area contributed by atoms with E-state index in [2.05, 4.69) is 22.3 Å². The molecule has 21 heavy (non-hydrogen) atoms. The van der Waals surface area contributed by atoms with Gasteiger partial charge in [0.2, 0.25) is 0 Å². The van der Waals surface area contributed by atoms with Crippen LogP contribution in [-0.2, 0) is 6.42 Å². The van der Waals surface area contributed by atoms with E-state index in [0.29, 0.717) is 0 Å². The van der Waals surface area contributed by atoms with E-state index in [0.717, 1.165) is 32.5 Å². The highest BCUT2D eigenvalue weighted by Gasteiger charge is 2.38. The van der Waals surface area contributed by atoms with Crippen molar-refractivity contribution in [3.8, 4) is 0 Å². The fraction of sp³-hybridized carbons (Fsp3) is 0.600. The first-order valence-electron chi connectivity index (χ1n) is 7.19. The highest BCUT2D eigenvalue weighted by Crippen LogP contribution is 2.20. The lowest BCUT2D eigenvalue weighted by Crippen LogP contribution is -2.43.